The molecule has 0 radical (unpaired) electrons. The third kappa shape index (κ3) is 8.10. The van der Waals surface area contributed by atoms with Crippen molar-refractivity contribution in [3.05, 3.63) is 121 Å². The van der Waals surface area contributed by atoms with Crippen LogP contribution in [0.1, 0.15) is 35.0 Å². The number of alkyl halides is 1. The first-order valence-electron chi connectivity index (χ1n) is 11.8. The number of nitro benzene ring substituents is 1. The first kappa shape index (κ1) is 31.7. The molecule has 2 atom stereocenters. The van der Waals surface area contributed by atoms with E-state index >= 15 is 0 Å². The maximum absolute atomic E-state index is 12.6. The van der Waals surface area contributed by atoms with Crippen LogP contribution in [0.15, 0.2) is 79.1 Å². The molecule has 0 fully saturated rings. The summed E-state index contributed by atoms with van der Waals surface area (Å²) in [5, 5.41) is 15.4. The number of hydrogen-bond acceptors (Lipinski definition) is 4. The minimum atomic E-state index is -0.711. The molecule has 0 spiro atoms. The molecular weight excluding hydrogens is 622 g/mol. The number of carbonyl (C=O) groups excluding carboxylic acids is 1. The fourth-order valence-electron chi connectivity index (χ4n) is 3.94. The van der Waals surface area contributed by atoms with Gasteiger partial charge in [-0.15, -0.1) is 0 Å². The molecule has 4 rings (SSSR count). The van der Waals surface area contributed by atoms with Crippen LogP contribution in [0.5, 0.6) is 0 Å². The number of anilines is 1. The van der Waals surface area contributed by atoms with Crippen molar-refractivity contribution in [2.45, 2.75) is 31.1 Å². The lowest BCUT2D eigenvalue weighted by Crippen LogP contribution is -3.00. The minimum absolute atomic E-state index is 0. The molecule has 1 heterocycles. The quantitative estimate of drug-likeness (QED) is 0.109. The Hall–Kier alpha value is -2.85. The third-order valence-corrected chi connectivity index (χ3v) is 7.19. The third-order valence-electron chi connectivity index (χ3n) is 5.91. The summed E-state index contributed by atoms with van der Waals surface area (Å²) >= 11 is 25.4. The average molecular weight is 645 g/mol. The van der Waals surface area contributed by atoms with Crippen molar-refractivity contribution in [1.82, 2.24) is 4.98 Å². The van der Waals surface area contributed by atoms with Gasteiger partial charge in [0, 0.05) is 27.6 Å². The summed E-state index contributed by atoms with van der Waals surface area (Å²) in [6.45, 7) is 0.172. The first-order valence-corrected chi connectivity index (χ1v) is 13.4. The zero-order chi connectivity index (χ0) is 27.9. The molecule has 0 aliphatic heterocycles. The fraction of sp³-hybridized carbons (Fsp3) is 0.185. The summed E-state index contributed by atoms with van der Waals surface area (Å²) in [5.74, 6) is 0.291. The molecule has 40 heavy (non-hydrogen) atoms. The Morgan fingerprint density at radius 3 is 2.45 bits per heavy atom. The van der Waals surface area contributed by atoms with Crippen molar-refractivity contribution in [3.8, 4) is 0 Å². The van der Waals surface area contributed by atoms with Gasteiger partial charge in [0.05, 0.1) is 18.0 Å². The second kappa shape index (κ2) is 14.7. The Morgan fingerprint density at radius 1 is 1.05 bits per heavy atom. The number of halogens is 5. The van der Waals surface area contributed by atoms with Crippen LogP contribution < -0.4 is 22.3 Å². The van der Waals surface area contributed by atoms with E-state index < -0.39 is 16.5 Å². The maximum Gasteiger partial charge on any atom is 0.292 e. The van der Waals surface area contributed by atoms with Gasteiger partial charge < -0.3 is 22.5 Å². The van der Waals surface area contributed by atoms with Gasteiger partial charge in [-0.05, 0) is 41.5 Å². The second-order valence-electron chi connectivity index (χ2n) is 8.53. The van der Waals surface area contributed by atoms with E-state index in [1.807, 2.05) is 12.1 Å². The molecular formula is C27H23Cl5N4O4. The Morgan fingerprint density at radius 2 is 1.75 bits per heavy atom. The monoisotopic (exact) mass is 642 g/mol. The highest BCUT2D eigenvalue weighted by Gasteiger charge is 2.31. The van der Waals surface area contributed by atoms with Gasteiger partial charge in [0.2, 0.25) is 11.4 Å². The number of benzene rings is 3. The Kier molecular flexibility index (Phi) is 11.6. The summed E-state index contributed by atoms with van der Waals surface area (Å²) in [7, 11) is 0. The molecule has 210 valence electrons. The Balaban J connectivity index is 0.00000441. The standard InChI is InChI=1S/C27H22Cl4N4O4.ClH/c28-19-8-5-17(6-9-19)26(39-16-18-7-10-20(29)15-21(18)30)27(31)34-14-13-32-24(34)11-12-25(36)33-22-3-1-2-4-23(22)35(37)38;/h1-10,13-15,26-27H,11-12,16H2,(H,33,36);1H. The summed E-state index contributed by atoms with van der Waals surface area (Å²) in [6.07, 6.45) is 3.20. The number of amides is 1. The lowest BCUT2D eigenvalue weighted by Gasteiger charge is -2.22. The first-order chi connectivity index (χ1) is 18.7. The fourth-order valence-corrected chi connectivity index (χ4v) is 4.93. The van der Waals surface area contributed by atoms with E-state index in [-0.39, 0.29) is 42.7 Å². The Bertz CT molecular complexity index is 1470. The molecule has 0 aliphatic carbocycles. The number of aryl methyl sites for hydroxylation is 1. The number of H-pyrrole nitrogens is 1. The minimum Gasteiger partial charge on any atom is -1.00 e. The second-order valence-corrected chi connectivity index (χ2v) is 10.3. The van der Waals surface area contributed by atoms with E-state index in [9.17, 15) is 14.9 Å². The molecule has 8 nitrogen and oxygen atoms in total. The lowest BCUT2D eigenvalue weighted by atomic mass is 10.1. The van der Waals surface area contributed by atoms with E-state index in [1.165, 1.54) is 18.2 Å². The van der Waals surface area contributed by atoms with Gasteiger partial charge in [0.15, 0.2) is 0 Å². The number of rotatable bonds is 11. The van der Waals surface area contributed by atoms with Crippen molar-refractivity contribution < 1.29 is 31.4 Å². The van der Waals surface area contributed by atoms with Crippen LogP contribution in [-0.2, 0) is 22.6 Å². The van der Waals surface area contributed by atoms with E-state index in [0.717, 1.165) is 11.1 Å². The largest absolute Gasteiger partial charge is 1.00 e. The number of aromatic amines is 1. The molecule has 0 bridgehead atoms. The lowest BCUT2D eigenvalue weighted by molar-refractivity contribution is -0.717. The van der Waals surface area contributed by atoms with Crippen LogP contribution in [-0.4, -0.2) is 15.8 Å². The summed E-state index contributed by atoms with van der Waals surface area (Å²) in [4.78, 5) is 26.4. The van der Waals surface area contributed by atoms with E-state index in [1.54, 1.807) is 53.4 Å². The molecule has 0 saturated heterocycles. The number of hydrogen-bond donors (Lipinski definition) is 2. The number of nitrogens with zero attached hydrogens (tertiary/aromatic N) is 2. The summed E-state index contributed by atoms with van der Waals surface area (Å²) < 4.78 is 8.06. The van der Waals surface area contributed by atoms with E-state index in [2.05, 4.69) is 10.3 Å². The van der Waals surface area contributed by atoms with Crippen molar-refractivity contribution in [2.24, 2.45) is 0 Å². The topological polar surface area (TPSA) is 101 Å². The van der Waals surface area contributed by atoms with Crippen LogP contribution >= 0.6 is 46.4 Å². The van der Waals surface area contributed by atoms with Crippen LogP contribution in [0.3, 0.4) is 0 Å². The number of carbonyl (C=O) groups is 1. The molecule has 0 aliphatic rings. The normalized spacial score (nSPS) is 12.3. The zero-order valence-corrected chi connectivity index (χ0v) is 24.5. The van der Waals surface area contributed by atoms with Gasteiger partial charge in [-0.2, -0.15) is 0 Å². The number of para-hydroxylation sites is 2. The number of aromatic nitrogens is 2. The van der Waals surface area contributed by atoms with Gasteiger partial charge in [0.25, 0.3) is 11.5 Å². The van der Waals surface area contributed by atoms with Gasteiger partial charge in [-0.3, -0.25) is 14.9 Å². The van der Waals surface area contributed by atoms with Crippen LogP contribution in [0.2, 0.25) is 15.1 Å². The SMILES string of the molecule is O=C(CCc1[nH]cc[n+]1C(Cl)C(OCc1ccc(Cl)cc1Cl)c1ccc(Cl)cc1)Nc1ccccc1[N+](=O)[O-].[Cl-]. The number of imidazole rings is 1. The smallest absolute Gasteiger partial charge is 0.292 e. The molecule has 0 saturated carbocycles. The molecule has 1 amide bonds. The molecule has 2 N–H and O–H groups in total. The highest BCUT2D eigenvalue weighted by Crippen LogP contribution is 2.33. The highest BCUT2D eigenvalue weighted by atomic mass is 35.5. The van der Waals surface area contributed by atoms with E-state index in [4.69, 9.17) is 51.1 Å². The van der Waals surface area contributed by atoms with Crippen molar-refractivity contribution in [3.63, 3.8) is 0 Å². The van der Waals surface area contributed by atoms with Gasteiger partial charge in [-0.1, -0.05) is 76.7 Å². The summed E-state index contributed by atoms with van der Waals surface area (Å²) in [5.41, 5.74) is 0.786. The number of nitro groups is 1. The molecule has 3 aromatic carbocycles. The predicted octanol–water partition coefficient (Wildman–Crippen LogP) is 4.44. The van der Waals surface area contributed by atoms with Crippen LogP contribution in [0.4, 0.5) is 11.4 Å². The van der Waals surface area contributed by atoms with Gasteiger partial charge >= 0.3 is 0 Å². The number of ether oxygens (including phenoxy) is 1. The molecule has 13 heteroatoms. The number of nitrogens with one attached hydrogen (secondary N) is 2. The van der Waals surface area contributed by atoms with Crippen molar-refractivity contribution >= 4 is 63.7 Å². The molecule has 1 aromatic heterocycles. The van der Waals surface area contributed by atoms with Crippen molar-refractivity contribution in [2.75, 3.05) is 5.32 Å². The predicted molar refractivity (Wildman–Crippen MR) is 151 cm³/mol. The van der Waals surface area contributed by atoms with Gasteiger partial charge in [-0.25, -0.2) is 9.55 Å². The average Bonchev–Trinajstić information content (AvgIpc) is 3.38. The van der Waals surface area contributed by atoms with Crippen molar-refractivity contribution in [1.29, 1.82) is 0 Å². The van der Waals surface area contributed by atoms with Gasteiger partial charge in [0.1, 0.15) is 24.2 Å². The maximum atomic E-state index is 12.6. The van der Waals surface area contributed by atoms with Crippen LogP contribution in [0, 0.1) is 10.1 Å². The highest BCUT2D eigenvalue weighted by molar-refractivity contribution is 6.35. The van der Waals surface area contributed by atoms with Crippen LogP contribution in [0.25, 0.3) is 0 Å². The zero-order valence-electron chi connectivity index (χ0n) is 20.7. The molecule has 2 unspecified atom stereocenters. The van der Waals surface area contributed by atoms with E-state index in [0.29, 0.717) is 27.3 Å². The molecule has 4 aromatic rings. The summed E-state index contributed by atoms with van der Waals surface area (Å²) in [6, 6.07) is 18.3. The Labute approximate surface area is 256 Å².